The lowest BCUT2D eigenvalue weighted by Crippen LogP contribution is -2.34. The molecule has 2 N–H and O–H groups in total. The van der Waals surface area contributed by atoms with Gasteiger partial charge in [0.25, 0.3) is 0 Å². The fourth-order valence-corrected chi connectivity index (χ4v) is 5.19. The summed E-state index contributed by atoms with van der Waals surface area (Å²) in [5.41, 5.74) is 5.79. The van der Waals surface area contributed by atoms with E-state index in [1.165, 1.54) is 22.9 Å². The molecule has 1 amide bonds. The predicted molar refractivity (Wildman–Crippen MR) is 99.7 cm³/mol. The number of rotatable bonds is 3. The number of carbonyl (C=O) groups is 1. The average molecular weight is 340 g/mol. The summed E-state index contributed by atoms with van der Waals surface area (Å²) in [6, 6.07) is 4.36. The van der Waals surface area contributed by atoms with Gasteiger partial charge in [0, 0.05) is 35.1 Å². The number of hydrogen-bond donors (Lipinski definition) is 2. The van der Waals surface area contributed by atoms with E-state index in [4.69, 9.17) is 0 Å². The van der Waals surface area contributed by atoms with Gasteiger partial charge in [-0.25, -0.2) is 0 Å². The molecule has 134 valence electrons. The largest absolute Gasteiger partial charge is 0.396 e. The zero-order valence-electron chi connectivity index (χ0n) is 15.5. The number of amides is 1. The summed E-state index contributed by atoms with van der Waals surface area (Å²) in [4.78, 5) is 18.5. The van der Waals surface area contributed by atoms with Crippen molar-refractivity contribution in [2.24, 2.45) is 11.3 Å². The molecular weight excluding hydrogens is 312 g/mol. The third kappa shape index (κ3) is 2.58. The molecule has 0 spiro atoms. The number of aryl methyl sites for hydroxylation is 3. The van der Waals surface area contributed by atoms with Crippen molar-refractivity contribution < 1.29 is 9.90 Å². The maximum absolute atomic E-state index is 13.0. The van der Waals surface area contributed by atoms with E-state index in [-0.39, 0.29) is 17.9 Å². The number of hydrogen-bond acceptors (Lipinski definition) is 2. The van der Waals surface area contributed by atoms with Crippen molar-refractivity contribution in [2.75, 3.05) is 19.7 Å². The minimum Gasteiger partial charge on any atom is -0.396 e. The number of H-pyrrole nitrogens is 1. The molecule has 0 unspecified atom stereocenters. The number of nitrogens with zero attached hydrogens (tertiary/aromatic N) is 1. The van der Waals surface area contributed by atoms with Crippen LogP contribution in [0.3, 0.4) is 0 Å². The fourth-order valence-electron chi connectivity index (χ4n) is 5.19. The van der Waals surface area contributed by atoms with E-state index >= 15 is 0 Å². The number of aromatic amines is 1. The Balaban J connectivity index is 1.60. The number of carbonyl (C=O) groups excluding carboxylic acids is 1. The van der Waals surface area contributed by atoms with E-state index in [0.717, 1.165) is 42.7 Å². The second-order valence-electron chi connectivity index (χ2n) is 8.29. The van der Waals surface area contributed by atoms with Gasteiger partial charge in [-0.15, -0.1) is 0 Å². The third-order valence-electron chi connectivity index (χ3n) is 6.61. The van der Waals surface area contributed by atoms with Crippen molar-refractivity contribution in [3.8, 4) is 0 Å². The molecule has 4 heteroatoms. The van der Waals surface area contributed by atoms with Crippen molar-refractivity contribution in [3.63, 3.8) is 0 Å². The molecule has 1 aliphatic carbocycles. The number of aliphatic hydroxyl groups excluding tert-OH is 1. The van der Waals surface area contributed by atoms with Gasteiger partial charge < -0.3 is 15.0 Å². The lowest BCUT2D eigenvalue weighted by Gasteiger charge is -2.25. The van der Waals surface area contributed by atoms with Crippen molar-refractivity contribution in [3.05, 3.63) is 34.5 Å². The predicted octanol–water partition coefficient (Wildman–Crippen LogP) is 3.26. The van der Waals surface area contributed by atoms with Gasteiger partial charge in [0.05, 0.1) is 13.0 Å². The molecule has 2 atom stereocenters. The smallest absolute Gasteiger partial charge is 0.227 e. The van der Waals surface area contributed by atoms with Crippen LogP contribution in [0, 0.1) is 32.1 Å². The number of benzene rings is 1. The van der Waals surface area contributed by atoms with E-state index in [1.54, 1.807) is 0 Å². The first-order valence-electron chi connectivity index (χ1n) is 9.40. The zero-order valence-corrected chi connectivity index (χ0v) is 15.5. The van der Waals surface area contributed by atoms with Crippen molar-refractivity contribution >= 4 is 16.8 Å². The Morgan fingerprint density at radius 2 is 2.16 bits per heavy atom. The molecule has 1 saturated heterocycles. The molecule has 1 aliphatic heterocycles. The molecule has 4 rings (SSSR count). The number of nitrogens with one attached hydrogen (secondary N) is 1. The molecule has 1 aromatic carbocycles. The topological polar surface area (TPSA) is 56.3 Å². The minimum absolute atomic E-state index is 0.0297. The minimum atomic E-state index is -0.0297. The molecular formula is C21H28N2O2. The number of aromatic nitrogens is 1. The molecule has 2 aliphatic rings. The van der Waals surface area contributed by atoms with Crippen molar-refractivity contribution in [1.29, 1.82) is 0 Å². The molecule has 2 fully saturated rings. The van der Waals surface area contributed by atoms with Crippen LogP contribution in [0.15, 0.2) is 12.1 Å². The Hall–Kier alpha value is -1.81. The van der Waals surface area contributed by atoms with E-state index in [1.807, 2.05) is 4.90 Å². The van der Waals surface area contributed by atoms with E-state index < -0.39 is 0 Å². The SMILES string of the molecule is Cc1cc(C)c2[nH]c(C)c(CC(=O)N3C[C@@H]4CCC[C@]4(CO)C3)c2c1. The Labute approximate surface area is 149 Å². The molecule has 4 nitrogen and oxygen atoms in total. The van der Waals surface area contributed by atoms with E-state index in [9.17, 15) is 9.90 Å². The van der Waals surface area contributed by atoms with Crippen LogP contribution in [-0.2, 0) is 11.2 Å². The standard InChI is InChI=1S/C21H28N2O2/c1-13-7-14(2)20-18(8-13)17(15(3)22-20)9-19(25)23-10-16-5-4-6-21(16,11-23)12-24/h7-8,16,22,24H,4-6,9-12H2,1-3H3/t16-,21+/m0/s1. The van der Waals surface area contributed by atoms with Crippen LogP contribution in [0.1, 0.15) is 41.6 Å². The fraction of sp³-hybridized carbons (Fsp3) is 0.571. The van der Waals surface area contributed by atoms with Gasteiger partial charge >= 0.3 is 0 Å². The van der Waals surface area contributed by atoms with E-state index in [0.29, 0.717) is 12.3 Å². The van der Waals surface area contributed by atoms with Crippen molar-refractivity contribution in [1.82, 2.24) is 9.88 Å². The Bertz CT molecular complexity index is 838. The van der Waals surface area contributed by atoms with Crippen LogP contribution < -0.4 is 0 Å². The maximum atomic E-state index is 13.0. The monoisotopic (exact) mass is 340 g/mol. The first kappa shape index (κ1) is 16.6. The highest BCUT2D eigenvalue weighted by atomic mass is 16.3. The van der Waals surface area contributed by atoms with Gasteiger partial charge in [-0.3, -0.25) is 4.79 Å². The Morgan fingerprint density at radius 3 is 2.88 bits per heavy atom. The van der Waals surface area contributed by atoms with Gasteiger partial charge in [-0.2, -0.15) is 0 Å². The van der Waals surface area contributed by atoms with Crippen LogP contribution in [0.2, 0.25) is 0 Å². The summed E-state index contributed by atoms with van der Waals surface area (Å²) < 4.78 is 0. The van der Waals surface area contributed by atoms with E-state index in [2.05, 4.69) is 37.9 Å². The summed E-state index contributed by atoms with van der Waals surface area (Å²) in [5, 5.41) is 11.1. The highest BCUT2D eigenvalue weighted by Crippen LogP contribution is 2.48. The molecule has 1 aromatic heterocycles. The quantitative estimate of drug-likeness (QED) is 0.901. The molecule has 0 radical (unpaired) electrons. The van der Waals surface area contributed by atoms with Gasteiger partial charge in [0.1, 0.15) is 0 Å². The first-order chi connectivity index (χ1) is 11.9. The first-order valence-corrected chi connectivity index (χ1v) is 9.40. The summed E-state index contributed by atoms with van der Waals surface area (Å²) in [5.74, 6) is 0.681. The van der Waals surface area contributed by atoms with Crippen LogP contribution in [-0.4, -0.2) is 40.6 Å². The Kier molecular flexibility index (Phi) is 3.91. The zero-order chi connectivity index (χ0) is 17.8. The van der Waals surface area contributed by atoms with Crippen LogP contribution in [0.4, 0.5) is 0 Å². The molecule has 1 saturated carbocycles. The highest BCUT2D eigenvalue weighted by molar-refractivity contribution is 5.92. The molecule has 25 heavy (non-hydrogen) atoms. The summed E-state index contributed by atoms with van der Waals surface area (Å²) >= 11 is 0. The van der Waals surface area contributed by atoms with Gasteiger partial charge in [0.2, 0.25) is 5.91 Å². The van der Waals surface area contributed by atoms with Crippen molar-refractivity contribution in [2.45, 2.75) is 46.5 Å². The lowest BCUT2D eigenvalue weighted by molar-refractivity contribution is -0.130. The molecule has 2 heterocycles. The lowest BCUT2D eigenvalue weighted by atomic mass is 9.82. The molecule has 2 aromatic rings. The summed E-state index contributed by atoms with van der Waals surface area (Å²) in [6.45, 7) is 8.04. The normalized spacial score (nSPS) is 25.8. The van der Waals surface area contributed by atoms with Gasteiger partial charge in [-0.1, -0.05) is 18.1 Å². The molecule has 0 bridgehead atoms. The van der Waals surface area contributed by atoms with Crippen LogP contribution in [0.5, 0.6) is 0 Å². The highest BCUT2D eigenvalue weighted by Gasteiger charge is 2.50. The third-order valence-corrected chi connectivity index (χ3v) is 6.61. The summed E-state index contributed by atoms with van der Waals surface area (Å²) in [6.07, 6.45) is 3.84. The van der Waals surface area contributed by atoms with Crippen LogP contribution in [0.25, 0.3) is 10.9 Å². The summed E-state index contributed by atoms with van der Waals surface area (Å²) in [7, 11) is 0. The number of likely N-dealkylation sites (tertiary alicyclic amines) is 1. The Morgan fingerprint density at radius 1 is 1.36 bits per heavy atom. The second kappa shape index (κ2) is 5.87. The average Bonchev–Trinajstić information content (AvgIpc) is 3.20. The van der Waals surface area contributed by atoms with Gasteiger partial charge in [-0.05, 0) is 56.7 Å². The number of aliphatic hydroxyl groups is 1. The second-order valence-corrected chi connectivity index (χ2v) is 8.29. The van der Waals surface area contributed by atoms with Crippen LogP contribution >= 0.6 is 0 Å². The van der Waals surface area contributed by atoms with Gasteiger partial charge in [0.15, 0.2) is 0 Å². The number of fused-ring (bicyclic) bond motifs is 2. The maximum Gasteiger partial charge on any atom is 0.227 e.